The van der Waals surface area contributed by atoms with Crippen LogP contribution in [-0.2, 0) is 0 Å². The molecule has 4 heteroatoms. The van der Waals surface area contributed by atoms with E-state index in [4.69, 9.17) is 0 Å². The summed E-state index contributed by atoms with van der Waals surface area (Å²) in [5, 5.41) is 0. The average molecular weight is 203 g/mol. The van der Waals surface area contributed by atoms with E-state index in [0.717, 1.165) is 11.4 Å². The number of nitrogens with one attached hydrogen (secondary N) is 1. The van der Waals surface area contributed by atoms with Gasteiger partial charge in [-0.2, -0.15) is 4.98 Å². The molecule has 4 nitrogen and oxygen atoms in total. The highest BCUT2D eigenvalue weighted by molar-refractivity contribution is 5.51. The van der Waals surface area contributed by atoms with Crippen LogP contribution in [0.25, 0.3) is 11.5 Å². The number of aryl methyl sites for hydroxylation is 1. The molecule has 0 amide bonds. The summed E-state index contributed by atoms with van der Waals surface area (Å²) < 4.78 is 0. The predicted octanol–water partition coefficient (Wildman–Crippen LogP) is 1.70. The van der Waals surface area contributed by atoms with Crippen molar-refractivity contribution in [3.8, 4) is 11.5 Å². The Morgan fingerprint density at radius 3 is 2.73 bits per heavy atom. The average Bonchev–Trinajstić information content (AvgIpc) is 2.17. The molecule has 0 fully saturated rings. The summed E-state index contributed by atoms with van der Waals surface area (Å²) in [7, 11) is 0. The lowest BCUT2D eigenvalue weighted by molar-refractivity contribution is 0.838. The number of H-pyrrole nitrogens is 1. The van der Waals surface area contributed by atoms with Crippen LogP contribution >= 0.6 is 0 Å². The fraction of sp³-hybridized carbons (Fsp3) is 0.364. The van der Waals surface area contributed by atoms with Gasteiger partial charge in [-0.1, -0.05) is 13.8 Å². The van der Waals surface area contributed by atoms with E-state index in [-0.39, 0.29) is 11.5 Å². The molecule has 2 aliphatic heterocycles. The minimum atomic E-state index is -0.167. The van der Waals surface area contributed by atoms with Gasteiger partial charge in [0.05, 0.1) is 5.69 Å². The second-order valence-electron chi connectivity index (χ2n) is 3.95. The Bertz CT molecular complexity index is 516. The topological polar surface area (TPSA) is 58.6 Å². The zero-order chi connectivity index (χ0) is 11.0. The van der Waals surface area contributed by atoms with Gasteiger partial charge in [-0.25, -0.2) is 4.98 Å². The van der Waals surface area contributed by atoms with Gasteiger partial charge in [0.15, 0.2) is 5.82 Å². The van der Waals surface area contributed by atoms with E-state index in [2.05, 4.69) is 15.0 Å². The maximum atomic E-state index is 11.6. The third kappa shape index (κ3) is 1.75. The molecule has 2 heterocycles. The fourth-order valence-electron chi connectivity index (χ4n) is 1.50. The number of aromatic nitrogens is 3. The molecule has 0 aromatic carbocycles. The molecule has 0 unspecified atom stereocenters. The van der Waals surface area contributed by atoms with Crippen LogP contribution in [0.4, 0.5) is 0 Å². The highest BCUT2D eigenvalue weighted by Gasteiger charge is 2.12. The molecule has 78 valence electrons. The number of hydrogen-bond acceptors (Lipinski definition) is 3. The van der Waals surface area contributed by atoms with Crippen LogP contribution in [-0.4, -0.2) is 15.0 Å². The molecule has 0 radical (unpaired) electrons. The third-order valence-corrected chi connectivity index (χ3v) is 2.33. The van der Waals surface area contributed by atoms with Crippen molar-refractivity contribution in [2.24, 2.45) is 0 Å². The van der Waals surface area contributed by atoms with Crippen molar-refractivity contribution in [2.75, 3.05) is 0 Å². The third-order valence-electron chi connectivity index (χ3n) is 2.33. The highest BCUT2D eigenvalue weighted by Crippen LogP contribution is 2.17. The smallest absolute Gasteiger partial charge is 0.275 e. The van der Waals surface area contributed by atoms with Crippen molar-refractivity contribution in [1.82, 2.24) is 15.0 Å². The summed E-state index contributed by atoms with van der Waals surface area (Å²) in [4.78, 5) is 22.8. The maximum Gasteiger partial charge on any atom is 0.275 e. The normalized spacial score (nSPS) is 11.2. The zero-order valence-corrected chi connectivity index (χ0v) is 9.03. The Kier molecular flexibility index (Phi) is 2.26. The number of aromatic amines is 1. The van der Waals surface area contributed by atoms with Crippen LogP contribution in [0.15, 0.2) is 17.1 Å². The quantitative estimate of drug-likeness (QED) is 0.767. The van der Waals surface area contributed by atoms with Gasteiger partial charge in [0, 0.05) is 11.8 Å². The fourth-order valence-corrected chi connectivity index (χ4v) is 1.50. The summed E-state index contributed by atoms with van der Waals surface area (Å²) in [6.07, 6.45) is 1.74. The molecule has 0 aromatic rings. The number of hydrogen-bond donors (Lipinski definition) is 1. The van der Waals surface area contributed by atoms with Crippen molar-refractivity contribution < 1.29 is 0 Å². The standard InChI is InChI=1S/C11H13N3O/c1-6(2)8-4-9-10(14-11(8)15)12-5-7(3)13-9/h4-6H,1-3H3,(H,12,14,15). The van der Waals surface area contributed by atoms with E-state index < -0.39 is 0 Å². The lowest BCUT2D eigenvalue weighted by Gasteiger charge is -2.08. The first kappa shape index (κ1) is 9.83. The number of rotatable bonds is 1. The lowest BCUT2D eigenvalue weighted by Crippen LogP contribution is -2.16. The van der Waals surface area contributed by atoms with E-state index >= 15 is 0 Å². The SMILES string of the molecule is Cc1c[nH]c2nc(=O)c(C(C)C)cc-2n1. The van der Waals surface area contributed by atoms with Crippen molar-refractivity contribution in [3.63, 3.8) is 0 Å². The van der Waals surface area contributed by atoms with Gasteiger partial charge in [0.1, 0.15) is 5.69 Å². The van der Waals surface area contributed by atoms with Gasteiger partial charge in [0.25, 0.3) is 5.56 Å². The monoisotopic (exact) mass is 203 g/mol. The molecule has 0 bridgehead atoms. The van der Waals surface area contributed by atoms with Gasteiger partial charge in [-0.3, -0.25) is 4.79 Å². The van der Waals surface area contributed by atoms with Crippen molar-refractivity contribution >= 4 is 0 Å². The van der Waals surface area contributed by atoms with E-state index in [1.165, 1.54) is 0 Å². The van der Waals surface area contributed by atoms with Crippen molar-refractivity contribution in [2.45, 2.75) is 26.7 Å². The number of nitrogens with zero attached hydrogens (tertiary/aromatic N) is 2. The summed E-state index contributed by atoms with van der Waals surface area (Å²) in [5.41, 5.74) is 2.18. The first-order chi connectivity index (χ1) is 7.08. The van der Waals surface area contributed by atoms with Crippen LogP contribution in [0, 0.1) is 6.92 Å². The molecule has 2 rings (SSSR count). The van der Waals surface area contributed by atoms with E-state index in [1.54, 1.807) is 6.20 Å². The highest BCUT2D eigenvalue weighted by atomic mass is 16.1. The summed E-state index contributed by atoms with van der Waals surface area (Å²) in [6.45, 7) is 5.85. The van der Waals surface area contributed by atoms with Gasteiger partial charge in [-0.05, 0) is 18.9 Å². The number of fused-ring (bicyclic) bond motifs is 1. The molecule has 15 heavy (non-hydrogen) atoms. The molecule has 0 spiro atoms. The first-order valence-electron chi connectivity index (χ1n) is 4.95. The predicted molar refractivity (Wildman–Crippen MR) is 58.1 cm³/mol. The minimum Gasteiger partial charge on any atom is -0.343 e. The van der Waals surface area contributed by atoms with Crippen LogP contribution < -0.4 is 5.56 Å². The molecule has 0 saturated carbocycles. The summed E-state index contributed by atoms with van der Waals surface area (Å²) >= 11 is 0. The molecule has 2 aliphatic rings. The number of pyridine rings is 1. The zero-order valence-electron chi connectivity index (χ0n) is 9.03. The summed E-state index contributed by atoms with van der Waals surface area (Å²) in [5.74, 6) is 0.728. The Morgan fingerprint density at radius 1 is 1.33 bits per heavy atom. The van der Waals surface area contributed by atoms with E-state index in [9.17, 15) is 4.79 Å². The van der Waals surface area contributed by atoms with E-state index in [1.807, 2.05) is 26.8 Å². The van der Waals surface area contributed by atoms with Crippen molar-refractivity contribution in [3.05, 3.63) is 33.9 Å². The second kappa shape index (κ2) is 3.46. The van der Waals surface area contributed by atoms with E-state index in [0.29, 0.717) is 11.4 Å². The lowest BCUT2D eigenvalue weighted by atomic mass is 10.0. The van der Waals surface area contributed by atoms with Crippen LogP contribution in [0.2, 0.25) is 0 Å². The van der Waals surface area contributed by atoms with Crippen LogP contribution in [0.5, 0.6) is 0 Å². The minimum absolute atomic E-state index is 0.167. The molecule has 1 N–H and O–H groups in total. The summed E-state index contributed by atoms with van der Waals surface area (Å²) in [6, 6.07) is 1.82. The Morgan fingerprint density at radius 2 is 2.07 bits per heavy atom. The Balaban J connectivity index is 2.74. The van der Waals surface area contributed by atoms with Crippen LogP contribution in [0.3, 0.4) is 0 Å². The van der Waals surface area contributed by atoms with Gasteiger partial charge < -0.3 is 4.98 Å². The molecule has 0 atom stereocenters. The van der Waals surface area contributed by atoms with Gasteiger partial charge in [0.2, 0.25) is 0 Å². The maximum absolute atomic E-state index is 11.6. The molecule has 0 saturated heterocycles. The molecule has 0 aromatic heterocycles. The largest absolute Gasteiger partial charge is 0.343 e. The molecular formula is C11H13N3O. The Hall–Kier alpha value is -1.71. The van der Waals surface area contributed by atoms with Crippen molar-refractivity contribution in [1.29, 1.82) is 0 Å². The molecule has 0 aliphatic carbocycles. The van der Waals surface area contributed by atoms with Crippen LogP contribution in [0.1, 0.15) is 31.0 Å². The van der Waals surface area contributed by atoms with Gasteiger partial charge >= 0.3 is 0 Å². The Labute approximate surface area is 87.7 Å². The van der Waals surface area contributed by atoms with Gasteiger partial charge in [-0.15, -0.1) is 0 Å². The second-order valence-corrected chi connectivity index (χ2v) is 3.95. The molecular weight excluding hydrogens is 190 g/mol. The first-order valence-corrected chi connectivity index (χ1v) is 4.95.